The number of benzene rings is 2. The van der Waals surface area contributed by atoms with Crippen molar-refractivity contribution in [2.24, 2.45) is 7.05 Å². The van der Waals surface area contributed by atoms with E-state index in [1.807, 2.05) is 54.3 Å². The lowest BCUT2D eigenvalue weighted by molar-refractivity contribution is 0.0303. The molecule has 150 valence electrons. The molecule has 2 aromatic carbocycles. The van der Waals surface area contributed by atoms with Crippen LogP contribution in [0.25, 0.3) is 10.9 Å². The Morgan fingerprint density at radius 1 is 1.14 bits per heavy atom. The fraction of sp³-hybridized carbons (Fsp3) is 0.318. The van der Waals surface area contributed by atoms with Gasteiger partial charge in [-0.15, -0.1) is 0 Å². The minimum absolute atomic E-state index is 0.0259. The Hall–Kier alpha value is -2.64. The second kappa shape index (κ2) is 8.39. The van der Waals surface area contributed by atoms with Gasteiger partial charge in [-0.25, -0.2) is 4.98 Å². The highest BCUT2D eigenvalue weighted by atomic mass is 32.2. The summed E-state index contributed by atoms with van der Waals surface area (Å²) < 4.78 is 6.91. The lowest BCUT2D eigenvalue weighted by Gasteiger charge is -2.26. The Bertz CT molecular complexity index is 1100. The first-order valence-corrected chi connectivity index (χ1v) is 10.6. The number of amides is 1. The van der Waals surface area contributed by atoms with E-state index in [4.69, 9.17) is 4.74 Å². The van der Waals surface area contributed by atoms with Crippen molar-refractivity contribution in [3.8, 4) is 0 Å². The van der Waals surface area contributed by atoms with Crippen LogP contribution in [0.15, 0.2) is 52.4 Å². The van der Waals surface area contributed by atoms with Crippen LogP contribution in [0, 0.1) is 6.92 Å². The van der Waals surface area contributed by atoms with Crippen molar-refractivity contribution in [1.82, 2.24) is 14.5 Å². The summed E-state index contributed by atoms with van der Waals surface area (Å²) in [4.78, 5) is 31.7. The third-order valence-electron chi connectivity index (χ3n) is 5.14. The molecule has 0 unspecified atom stereocenters. The minimum atomic E-state index is -0.0259. The molecule has 1 amide bonds. The summed E-state index contributed by atoms with van der Waals surface area (Å²) in [5.74, 6) is 0.713. The van der Waals surface area contributed by atoms with E-state index < -0.39 is 0 Å². The molecule has 0 N–H and O–H groups in total. The van der Waals surface area contributed by atoms with Crippen LogP contribution in [-0.4, -0.2) is 46.7 Å². The number of carbonyl (C=O) groups is 1. The number of nitrogens with zero attached hydrogens (tertiary/aromatic N) is 3. The van der Waals surface area contributed by atoms with Crippen molar-refractivity contribution < 1.29 is 9.53 Å². The number of aromatic nitrogens is 2. The number of aryl methyl sites for hydroxylation is 1. The Balaban J connectivity index is 1.49. The van der Waals surface area contributed by atoms with E-state index in [-0.39, 0.29) is 11.5 Å². The number of hydrogen-bond acceptors (Lipinski definition) is 5. The third-order valence-corrected chi connectivity index (χ3v) is 6.24. The zero-order valence-electron chi connectivity index (χ0n) is 16.6. The first-order valence-electron chi connectivity index (χ1n) is 9.60. The molecule has 0 atom stereocenters. The molecule has 1 aliphatic heterocycles. The highest BCUT2D eigenvalue weighted by Crippen LogP contribution is 2.23. The van der Waals surface area contributed by atoms with Gasteiger partial charge in [-0.2, -0.15) is 0 Å². The maximum atomic E-state index is 12.7. The van der Waals surface area contributed by atoms with Crippen molar-refractivity contribution in [1.29, 1.82) is 0 Å². The molecule has 7 heteroatoms. The molecule has 6 nitrogen and oxygen atoms in total. The fourth-order valence-electron chi connectivity index (χ4n) is 3.43. The van der Waals surface area contributed by atoms with Crippen LogP contribution in [0.5, 0.6) is 0 Å². The van der Waals surface area contributed by atoms with Crippen molar-refractivity contribution in [3.63, 3.8) is 0 Å². The molecule has 3 aromatic rings. The molecule has 1 aliphatic rings. The second-order valence-electron chi connectivity index (χ2n) is 7.12. The molecule has 29 heavy (non-hydrogen) atoms. The molecule has 0 radical (unpaired) electrons. The van der Waals surface area contributed by atoms with Crippen LogP contribution in [0.1, 0.15) is 21.5 Å². The average molecular weight is 410 g/mol. The molecule has 1 aromatic heterocycles. The molecule has 1 saturated heterocycles. The topological polar surface area (TPSA) is 64.4 Å². The smallest absolute Gasteiger partial charge is 0.262 e. The van der Waals surface area contributed by atoms with E-state index in [1.165, 1.54) is 11.8 Å². The standard InChI is InChI=1S/C22H23N3O3S/c1-15-4-3-5-18-19(15)21(27)24(2)22(23-18)29-14-16-6-8-17(9-7-16)20(26)25-10-12-28-13-11-25/h3-9H,10-14H2,1-2H3. The molecule has 0 aliphatic carbocycles. The highest BCUT2D eigenvalue weighted by Gasteiger charge is 2.18. The van der Waals surface area contributed by atoms with Crippen LogP contribution in [-0.2, 0) is 17.5 Å². The van der Waals surface area contributed by atoms with Crippen molar-refractivity contribution in [3.05, 3.63) is 69.5 Å². The van der Waals surface area contributed by atoms with E-state index in [2.05, 4.69) is 4.98 Å². The van der Waals surface area contributed by atoms with E-state index >= 15 is 0 Å². The number of ether oxygens (including phenoxy) is 1. The molecular weight excluding hydrogens is 386 g/mol. The largest absolute Gasteiger partial charge is 0.378 e. The van der Waals surface area contributed by atoms with Crippen LogP contribution in [0.4, 0.5) is 0 Å². The number of carbonyl (C=O) groups excluding carboxylic acids is 1. The van der Waals surface area contributed by atoms with Crippen molar-refractivity contribution in [2.45, 2.75) is 17.8 Å². The minimum Gasteiger partial charge on any atom is -0.378 e. The Morgan fingerprint density at radius 2 is 1.86 bits per heavy atom. The van der Waals surface area contributed by atoms with E-state index in [9.17, 15) is 9.59 Å². The number of rotatable bonds is 4. The normalized spacial score (nSPS) is 14.3. The van der Waals surface area contributed by atoms with E-state index in [0.717, 1.165) is 16.6 Å². The Morgan fingerprint density at radius 3 is 2.59 bits per heavy atom. The van der Waals surface area contributed by atoms with Gasteiger partial charge in [0.1, 0.15) is 0 Å². The molecule has 0 saturated carbocycles. The van der Waals surface area contributed by atoms with Crippen molar-refractivity contribution >= 4 is 28.6 Å². The molecule has 0 spiro atoms. The predicted molar refractivity (Wildman–Crippen MR) is 114 cm³/mol. The Labute approximate surface area is 173 Å². The summed E-state index contributed by atoms with van der Waals surface area (Å²) in [6.07, 6.45) is 0. The van der Waals surface area contributed by atoms with Crippen LogP contribution in [0.3, 0.4) is 0 Å². The molecule has 2 heterocycles. The molecular formula is C22H23N3O3S. The summed E-state index contributed by atoms with van der Waals surface area (Å²) in [5, 5.41) is 1.35. The van der Waals surface area contributed by atoms with Crippen LogP contribution >= 0.6 is 11.8 Å². The quantitative estimate of drug-likeness (QED) is 0.490. The summed E-state index contributed by atoms with van der Waals surface area (Å²) in [5.41, 5.74) is 3.40. The predicted octanol–water partition coefficient (Wildman–Crippen LogP) is 3.01. The van der Waals surface area contributed by atoms with Gasteiger partial charge < -0.3 is 9.64 Å². The maximum Gasteiger partial charge on any atom is 0.262 e. The van der Waals surface area contributed by atoms with Gasteiger partial charge in [-0.05, 0) is 36.2 Å². The van der Waals surface area contributed by atoms with Gasteiger partial charge in [0.15, 0.2) is 5.16 Å². The van der Waals surface area contributed by atoms with E-state index in [1.54, 1.807) is 11.6 Å². The van der Waals surface area contributed by atoms with Crippen molar-refractivity contribution in [2.75, 3.05) is 26.3 Å². The summed E-state index contributed by atoms with van der Waals surface area (Å²) in [7, 11) is 1.76. The average Bonchev–Trinajstić information content (AvgIpc) is 2.75. The van der Waals surface area contributed by atoms with Gasteiger partial charge >= 0.3 is 0 Å². The molecule has 4 rings (SSSR count). The molecule has 0 bridgehead atoms. The number of morpholine rings is 1. The van der Waals surface area contributed by atoms with Gasteiger partial charge in [-0.1, -0.05) is 36.0 Å². The molecule has 1 fully saturated rings. The first-order chi connectivity index (χ1) is 14.0. The summed E-state index contributed by atoms with van der Waals surface area (Å²) in [6, 6.07) is 13.4. The van der Waals surface area contributed by atoms with Gasteiger partial charge in [0, 0.05) is 31.5 Å². The van der Waals surface area contributed by atoms with E-state index in [0.29, 0.717) is 48.2 Å². The Kier molecular flexibility index (Phi) is 5.69. The highest BCUT2D eigenvalue weighted by molar-refractivity contribution is 7.98. The summed E-state index contributed by atoms with van der Waals surface area (Å²) in [6.45, 7) is 4.39. The number of fused-ring (bicyclic) bond motifs is 1. The SMILES string of the molecule is Cc1cccc2nc(SCc3ccc(C(=O)N4CCOCC4)cc3)n(C)c(=O)c12. The van der Waals surface area contributed by atoms with Gasteiger partial charge in [0.2, 0.25) is 0 Å². The number of hydrogen-bond donors (Lipinski definition) is 0. The van der Waals surface area contributed by atoms with Gasteiger partial charge in [0.05, 0.1) is 24.1 Å². The van der Waals surface area contributed by atoms with Crippen LogP contribution in [0.2, 0.25) is 0 Å². The second-order valence-corrected chi connectivity index (χ2v) is 8.06. The monoisotopic (exact) mass is 409 g/mol. The van der Waals surface area contributed by atoms with Crippen LogP contribution < -0.4 is 5.56 Å². The summed E-state index contributed by atoms with van der Waals surface area (Å²) >= 11 is 1.52. The zero-order chi connectivity index (χ0) is 20.4. The number of thioether (sulfide) groups is 1. The third kappa shape index (κ3) is 4.06. The lowest BCUT2D eigenvalue weighted by atomic mass is 10.1. The zero-order valence-corrected chi connectivity index (χ0v) is 17.4. The maximum absolute atomic E-state index is 12.7. The fourth-order valence-corrected chi connectivity index (χ4v) is 4.35. The van der Waals surface area contributed by atoms with Gasteiger partial charge in [-0.3, -0.25) is 14.2 Å². The van der Waals surface area contributed by atoms with Gasteiger partial charge in [0.25, 0.3) is 11.5 Å². The lowest BCUT2D eigenvalue weighted by Crippen LogP contribution is -2.40. The first kappa shape index (κ1) is 19.7.